The number of hydrogen-bond acceptors (Lipinski definition) is 5. The van der Waals surface area contributed by atoms with Crippen molar-refractivity contribution < 1.29 is 18.9 Å². The lowest BCUT2D eigenvalue weighted by atomic mass is 10.1. The Kier molecular flexibility index (Phi) is 3.75. The van der Waals surface area contributed by atoms with E-state index < -0.39 is 0 Å². The standard InChI is InChI=1S/C14H19NO4/c15-12-8-14-13(17-5-6-18-14)7-10(12)9-19-11-1-3-16-4-2-11/h7-8,11H,1-6,9,15H2. The van der Waals surface area contributed by atoms with Crippen molar-refractivity contribution in [1.29, 1.82) is 0 Å². The molecule has 0 atom stereocenters. The third-order valence-corrected chi connectivity index (χ3v) is 3.45. The fourth-order valence-corrected chi connectivity index (χ4v) is 2.32. The summed E-state index contributed by atoms with van der Waals surface area (Å²) in [4.78, 5) is 0. The molecule has 0 saturated carbocycles. The van der Waals surface area contributed by atoms with Gasteiger partial charge in [0.15, 0.2) is 11.5 Å². The molecule has 2 aliphatic heterocycles. The highest BCUT2D eigenvalue weighted by molar-refractivity contribution is 5.58. The van der Waals surface area contributed by atoms with Crippen LogP contribution in [-0.4, -0.2) is 32.5 Å². The van der Waals surface area contributed by atoms with Crippen molar-refractivity contribution in [2.24, 2.45) is 0 Å². The highest BCUT2D eigenvalue weighted by atomic mass is 16.6. The van der Waals surface area contributed by atoms with Crippen LogP contribution in [0.3, 0.4) is 0 Å². The minimum atomic E-state index is 0.265. The first kappa shape index (κ1) is 12.6. The highest BCUT2D eigenvalue weighted by Gasteiger charge is 2.17. The maximum Gasteiger partial charge on any atom is 0.163 e. The van der Waals surface area contributed by atoms with E-state index in [9.17, 15) is 0 Å². The van der Waals surface area contributed by atoms with Crippen LogP contribution < -0.4 is 15.2 Å². The third-order valence-electron chi connectivity index (χ3n) is 3.45. The Morgan fingerprint density at radius 1 is 1.05 bits per heavy atom. The van der Waals surface area contributed by atoms with Crippen LogP contribution in [0.2, 0.25) is 0 Å². The molecule has 0 bridgehead atoms. The monoisotopic (exact) mass is 265 g/mol. The first-order valence-electron chi connectivity index (χ1n) is 6.70. The zero-order valence-electron chi connectivity index (χ0n) is 10.9. The van der Waals surface area contributed by atoms with Gasteiger partial charge in [-0.25, -0.2) is 0 Å². The zero-order chi connectivity index (χ0) is 13.1. The van der Waals surface area contributed by atoms with Crippen molar-refractivity contribution >= 4 is 5.69 Å². The lowest BCUT2D eigenvalue weighted by Gasteiger charge is -2.24. The van der Waals surface area contributed by atoms with Gasteiger partial charge in [-0.1, -0.05) is 0 Å². The van der Waals surface area contributed by atoms with E-state index in [0.29, 0.717) is 25.5 Å². The van der Waals surface area contributed by atoms with E-state index in [2.05, 4.69) is 0 Å². The largest absolute Gasteiger partial charge is 0.486 e. The van der Waals surface area contributed by atoms with Gasteiger partial charge in [0.1, 0.15) is 13.2 Å². The number of hydrogen-bond donors (Lipinski definition) is 1. The minimum absolute atomic E-state index is 0.265. The van der Waals surface area contributed by atoms with E-state index in [-0.39, 0.29) is 6.10 Å². The number of benzene rings is 1. The first-order chi connectivity index (χ1) is 9.33. The summed E-state index contributed by atoms with van der Waals surface area (Å²) in [7, 11) is 0. The molecule has 1 saturated heterocycles. The maximum absolute atomic E-state index is 6.02. The molecule has 104 valence electrons. The smallest absolute Gasteiger partial charge is 0.163 e. The molecule has 5 heteroatoms. The van der Waals surface area contributed by atoms with Crippen LogP contribution in [0.5, 0.6) is 11.5 Å². The number of anilines is 1. The van der Waals surface area contributed by atoms with Crippen molar-refractivity contribution in [2.45, 2.75) is 25.6 Å². The number of fused-ring (bicyclic) bond motifs is 1. The van der Waals surface area contributed by atoms with Gasteiger partial charge >= 0.3 is 0 Å². The second-order valence-corrected chi connectivity index (χ2v) is 4.82. The van der Waals surface area contributed by atoms with Crippen LogP contribution in [0.1, 0.15) is 18.4 Å². The summed E-state index contributed by atoms with van der Waals surface area (Å²) in [5.41, 5.74) is 7.67. The Morgan fingerprint density at radius 2 is 1.74 bits per heavy atom. The summed E-state index contributed by atoms with van der Waals surface area (Å²) in [5.74, 6) is 1.48. The maximum atomic E-state index is 6.02. The molecule has 2 heterocycles. The summed E-state index contributed by atoms with van der Waals surface area (Å²) < 4.78 is 22.2. The zero-order valence-corrected chi connectivity index (χ0v) is 10.9. The van der Waals surface area contributed by atoms with Gasteiger partial charge in [0, 0.05) is 30.5 Å². The van der Waals surface area contributed by atoms with Gasteiger partial charge in [0.2, 0.25) is 0 Å². The molecule has 0 amide bonds. The summed E-state index contributed by atoms with van der Waals surface area (Å²) >= 11 is 0. The van der Waals surface area contributed by atoms with Gasteiger partial charge in [-0.15, -0.1) is 0 Å². The Hall–Kier alpha value is -1.46. The molecule has 0 unspecified atom stereocenters. The van der Waals surface area contributed by atoms with Crippen LogP contribution in [-0.2, 0) is 16.1 Å². The molecule has 19 heavy (non-hydrogen) atoms. The summed E-state index contributed by atoms with van der Waals surface area (Å²) in [6.45, 7) is 3.22. The Morgan fingerprint density at radius 3 is 2.47 bits per heavy atom. The second kappa shape index (κ2) is 5.67. The van der Waals surface area contributed by atoms with Crippen LogP contribution in [0, 0.1) is 0 Å². The summed E-state index contributed by atoms with van der Waals surface area (Å²) in [6, 6.07) is 3.74. The fraction of sp³-hybridized carbons (Fsp3) is 0.571. The highest BCUT2D eigenvalue weighted by Crippen LogP contribution is 2.34. The topological polar surface area (TPSA) is 62.9 Å². The Bertz CT molecular complexity index is 443. The molecular formula is C14H19NO4. The summed E-state index contributed by atoms with van der Waals surface area (Å²) in [6.07, 6.45) is 2.16. The molecule has 0 spiro atoms. The number of rotatable bonds is 3. The fourth-order valence-electron chi connectivity index (χ4n) is 2.32. The van der Waals surface area contributed by atoms with E-state index >= 15 is 0 Å². The van der Waals surface area contributed by atoms with Crippen molar-refractivity contribution in [1.82, 2.24) is 0 Å². The van der Waals surface area contributed by atoms with E-state index in [0.717, 1.165) is 43.1 Å². The second-order valence-electron chi connectivity index (χ2n) is 4.82. The van der Waals surface area contributed by atoms with E-state index in [1.807, 2.05) is 12.1 Å². The van der Waals surface area contributed by atoms with Crippen LogP contribution in [0.15, 0.2) is 12.1 Å². The molecule has 3 rings (SSSR count). The van der Waals surface area contributed by atoms with Crippen LogP contribution in [0.25, 0.3) is 0 Å². The lowest BCUT2D eigenvalue weighted by Crippen LogP contribution is -2.23. The number of nitrogen functional groups attached to an aromatic ring is 1. The van der Waals surface area contributed by atoms with Gasteiger partial charge in [-0.3, -0.25) is 0 Å². The minimum Gasteiger partial charge on any atom is -0.486 e. The predicted molar refractivity (Wildman–Crippen MR) is 70.5 cm³/mol. The van der Waals surface area contributed by atoms with Crippen molar-refractivity contribution in [3.63, 3.8) is 0 Å². The first-order valence-corrected chi connectivity index (χ1v) is 6.70. The molecule has 0 aliphatic carbocycles. The normalized spacial score (nSPS) is 19.4. The number of nitrogens with two attached hydrogens (primary N) is 1. The van der Waals surface area contributed by atoms with Gasteiger partial charge in [-0.2, -0.15) is 0 Å². The molecule has 0 radical (unpaired) electrons. The average Bonchev–Trinajstić information content (AvgIpc) is 2.46. The molecular weight excluding hydrogens is 246 g/mol. The SMILES string of the molecule is Nc1cc2c(cc1COC1CCOCC1)OCCO2. The molecule has 1 fully saturated rings. The molecule has 1 aromatic carbocycles. The lowest BCUT2D eigenvalue weighted by molar-refractivity contribution is -0.0389. The van der Waals surface area contributed by atoms with Gasteiger partial charge < -0.3 is 24.7 Å². The van der Waals surface area contributed by atoms with Gasteiger partial charge in [-0.05, 0) is 18.9 Å². The molecule has 0 aromatic heterocycles. The Balaban J connectivity index is 1.66. The summed E-state index contributed by atoms with van der Waals surface area (Å²) in [5, 5.41) is 0. The average molecular weight is 265 g/mol. The van der Waals surface area contributed by atoms with E-state index in [1.165, 1.54) is 0 Å². The number of ether oxygens (including phenoxy) is 4. The molecule has 1 aromatic rings. The van der Waals surface area contributed by atoms with Crippen molar-refractivity contribution in [3.05, 3.63) is 17.7 Å². The molecule has 5 nitrogen and oxygen atoms in total. The van der Waals surface area contributed by atoms with Crippen molar-refractivity contribution in [3.8, 4) is 11.5 Å². The van der Waals surface area contributed by atoms with Gasteiger partial charge in [0.25, 0.3) is 0 Å². The van der Waals surface area contributed by atoms with E-state index in [4.69, 9.17) is 24.7 Å². The van der Waals surface area contributed by atoms with Gasteiger partial charge in [0.05, 0.1) is 12.7 Å². The molecule has 2 aliphatic rings. The van der Waals surface area contributed by atoms with Crippen LogP contribution >= 0.6 is 0 Å². The third kappa shape index (κ3) is 2.93. The molecule has 2 N–H and O–H groups in total. The quantitative estimate of drug-likeness (QED) is 0.843. The van der Waals surface area contributed by atoms with E-state index in [1.54, 1.807) is 0 Å². The van der Waals surface area contributed by atoms with Crippen molar-refractivity contribution in [2.75, 3.05) is 32.2 Å². The Labute approximate surface area is 112 Å². The van der Waals surface area contributed by atoms with Crippen LogP contribution in [0.4, 0.5) is 5.69 Å². The predicted octanol–water partition coefficient (Wildman–Crippen LogP) is 1.74.